The maximum atomic E-state index is 13.1. The molecule has 33 heavy (non-hydrogen) atoms. The lowest BCUT2D eigenvalue weighted by molar-refractivity contribution is -0.145. The van der Waals surface area contributed by atoms with Gasteiger partial charge in [0.05, 0.1) is 19.7 Å². The van der Waals surface area contributed by atoms with Gasteiger partial charge in [0, 0.05) is 12.8 Å². The number of esters is 1. The van der Waals surface area contributed by atoms with Crippen LogP contribution in [0.1, 0.15) is 18.1 Å². The minimum absolute atomic E-state index is 0.193. The third kappa shape index (κ3) is 8.74. The zero-order valence-electron chi connectivity index (χ0n) is 18.7. The predicted molar refractivity (Wildman–Crippen MR) is 123 cm³/mol. The molecule has 0 radical (unpaired) electrons. The van der Waals surface area contributed by atoms with Crippen LogP contribution in [-0.2, 0) is 36.8 Å². The lowest BCUT2D eigenvalue weighted by atomic mass is 10.0. The van der Waals surface area contributed by atoms with E-state index in [4.69, 9.17) is 10.5 Å². The van der Waals surface area contributed by atoms with E-state index < -0.39 is 41.8 Å². The van der Waals surface area contributed by atoms with Crippen LogP contribution in [0.2, 0.25) is 0 Å². The maximum Gasteiger partial charge on any atom is 0.328 e. The molecule has 9 nitrogen and oxygen atoms in total. The van der Waals surface area contributed by atoms with Gasteiger partial charge in [0.2, 0.25) is 17.7 Å². The number of amides is 3. The molecule has 2 aromatic carbocycles. The second kappa shape index (κ2) is 13.0. The van der Waals surface area contributed by atoms with Crippen molar-refractivity contribution >= 4 is 23.7 Å². The summed E-state index contributed by atoms with van der Waals surface area (Å²) in [5.41, 5.74) is 7.14. The van der Waals surface area contributed by atoms with Gasteiger partial charge in [-0.3, -0.25) is 14.4 Å². The number of hydrogen-bond acceptors (Lipinski definition) is 6. The first kappa shape index (κ1) is 25.5. The fourth-order valence-electron chi connectivity index (χ4n) is 3.09. The molecule has 9 heteroatoms. The van der Waals surface area contributed by atoms with E-state index in [1.807, 2.05) is 60.7 Å². The van der Waals surface area contributed by atoms with Crippen molar-refractivity contribution in [3.63, 3.8) is 0 Å². The summed E-state index contributed by atoms with van der Waals surface area (Å²) >= 11 is 0. The minimum atomic E-state index is -0.977. The van der Waals surface area contributed by atoms with Crippen molar-refractivity contribution in [1.29, 1.82) is 0 Å². The molecule has 0 bridgehead atoms. The zero-order valence-corrected chi connectivity index (χ0v) is 18.7. The number of benzene rings is 2. The van der Waals surface area contributed by atoms with Crippen molar-refractivity contribution in [2.24, 2.45) is 5.73 Å². The molecule has 0 saturated carbocycles. The molecular weight excluding hydrogens is 424 g/mol. The number of ether oxygens (including phenoxy) is 1. The first-order valence-electron chi connectivity index (χ1n) is 10.6. The summed E-state index contributed by atoms with van der Waals surface area (Å²) in [6.45, 7) is 1.17. The van der Waals surface area contributed by atoms with Crippen LogP contribution in [0.3, 0.4) is 0 Å². The van der Waals surface area contributed by atoms with E-state index in [2.05, 4.69) is 16.0 Å². The van der Waals surface area contributed by atoms with E-state index >= 15 is 0 Å². The molecule has 0 saturated heterocycles. The Kier molecular flexibility index (Phi) is 10.0. The molecule has 2 rings (SSSR count). The van der Waals surface area contributed by atoms with Crippen LogP contribution in [0.25, 0.3) is 0 Å². The Morgan fingerprint density at radius 3 is 1.82 bits per heavy atom. The summed E-state index contributed by atoms with van der Waals surface area (Å²) < 4.78 is 4.85. The van der Waals surface area contributed by atoms with Gasteiger partial charge in [0.25, 0.3) is 0 Å². The summed E-state index contributed by atoms with van der Waals surface area (Å²) in [7, 11) is 1.25. The standard InChI is InChI=1S/C24H30N4O5/c1-16(25)22(30)26-15-21(29)27-19(13-17-9-5-3-6-10-17)23(31)28-20(24(32)33-2)14-18-11-7-4-8-12-18/h3-12,16,19-20H,13-15,25H2,1-2H3,(H,26,30)(H,27,29)(H,28,31)/t16-,19-,20-/m0/s1. The molecule has 0 heterocycles. The largest absolute Gasteiger partial charge is 0.467 e. The van der Waals surface area contributed by atoms with Crippen molar-refractivity contribution < 1.29 is 23.9 Å². The third-order valence-electron chi connectivity index (χ3n) is 4.86. The van der Waals surface area contributed by atoms with E-state index in [-0.39, 0.29) is 19.4 Å². The van der Waals surface area contributed by atoms with Crippen LogP contribution in [-0.4, -0.2) is 55.5 Å². The molecule has 0 unspecified atom stereocenters. The fourth-order valence-corrected chi connectivity index (χ4v) is 3.09. The highest BCUT2D eigenvalue weighted by atomic mass is 16.5. The van der Waals surface area contributed by atoms with E-state index in [1.165, 1.54) is 14.0 Å². The van der Waals surface area contributed by atoms with Gasteiger partial charge >= 0.3 is 5.97 Å². The highest BCUT2D eigenvalue weighted by Gasteiger charge is 2.28. The smallest absolute Gasteiger partial charge is 0.328 e. The summed E-state index contributed by atoms with van der Waals surface area (Å²) in [4.78, 5) is 49.5. The Morgan fingerprint density at radius 2 is 1.33 bits per heavy atom. The summed E-state index contributed by atoms with van der Waals surface area (Å²) in [5, 5.41) is 7.73. The highest BCUT2D eigenvalue weighted by Crippen LogP contribution is 2.07. The molecule has 3 atom stereocenters. The van der Waals surface area contributed by atoms with Gasteiger partial charge in [0.1, 0.15) is 12.1 Å². The van der Waals surface area contributed by atoms with Crippen LogP contribution in [0.4, 0.5) is 0 Å². The van der Waals surface area contributed by atoms with Crippen LogP contribution >= 0.6 is 0 Å². The topological polar surface area (TPSA) is 140 Å². The summed E-state index contributed by atoms with van der Waals surface area (Å²) in [6.07, 6.45) is 0.425. The monoisotopic (exact) mass is 454 g/mol. The average molecular weight is 455 g/mol. The molecule has 0 fully saturated rings. The molecule has 5 N–H and O–H groups in total. The highest BCUT2D eigenvalue weighted by molar-refractivity contribution is 5.92. The Labute approximate surface area is 193 Å². The molecule has 3 amide bonds. The van der Waals surface area contributed by atoms with Crippen LogP contribution in [0.5, 0.6) is 0 Å². The maximum absolute atomic E-state index is 13.1. The van der Waals surface area contributed by atoms with Gasteiger partial charge in [-0.15, -0.1) is 0 Å². The Morgan fingerprint density at radius 1 is 0.818 bits per heavy atom. The van der Waals surface area contributed by atoms with Crippen LogP contribution in [0, 0.1) is 0 Å². The molecule has 0 aliphatic rings. The molecule has 0 aliphatic heterocycles. The van der Waals surface area contributed by atoms with Crippen molar-refractivity contribution in [1.82, 2.24) is 16.0 Å². The fraction of sp³-hybridized carbons (Fsp3) is 0.333. The van der Waals surface area contributed by atoms with Crippen molar-refractivity contribution in [2.45, 2.75) is 37.9 Å². The average Bonchev–Trinajstić information content (AvgIpc) is 2.82. The number of methoxy groups -OCH3 is 1. The summed E-state index contributed by atoms with van der Waals surface area (Å²) in [5.74, 6) is -2.18. The summed E-state index contributed by atoms with van der Waals surface area (Å²) in [6, 6.07) is 15.7. The van der Waals surface area contributed by atoms with Crippen LogP contribution in [0.15, 0.2) is 60.7 Å². The van der Waals surface area contributed by atoms with E-state index in [1.54, 1.807) is 0 Å². The quantitative estimate of drug-likeness (QED) is 0.355. The number of rotatable bonds is 11. The van der Waals surface area contributed by atoms with Crippen molar-refractivity contribution in [2.75, 3.05) is 13.7 Å². The Hall–Kier alpha value is -3.72. The van der Waals surface area contributed by atoms with Gasteiger partial charge in [-0.2, -0.15) is 0 Å². The Balaban J connectivity index is 2.13. The van der Waals surface area contributed by atoms with E-state index in [0.29, 0.717) is 0 Å². The number of hydrogen-bond donors (Lipinski definition) is 4. The molecule has 176 valence electrons. The van der Waals surface area contributed by atoms with Gasteiger partial charge in [-0.25, -0.2) is 4.79 Å². The lowest BCUT2D eigenvalue weighted by Gasteiger charge is -2.23. The Bertz CT molecular complexity index is 934. The minimum Gasteiger partial charge on any atom is -0.467 e. The molecule has 2 aromatic rings. The van der Waals surface area contributed by atoms with Crippen molar-refractivity contribution in [3.05, 3.63) is 71.8 Å². The second-order valence-corrected chi connectivity index (χ2v) is 7.59. The zero-order chi connectivity index (χ0) is 24.2. The molecule has 0 spiro atoms. The molecular formula is C24H30N4O5. The molecule has 0 aliphatic carbocycles. The van der Waals surface area contributed by atoms with Gasteiger partial charge < -0.3 is 26.4 Å². The lowest BCUT2D eigenvalue weighted by Crippen LogP contribution is -2.55. The van der Waals surface area contributed by atoms with Gasteiger partial charge in [-0.05, 0) is 18.1 Å². The second-order valence-electron chi connectivity index (χ2n) is 7.59. The van der Waals surface area contributed by atoms with Gasteiger partial charge in [-0.1, -0.05) is 60.7 Å². The first-order chi connectivity index (χ1) is 15.8. The van der Waals surface area contributed by atoms with Crippen molar-refractivity contribution in [3.8, 4) is 0 Å². The molecule has 0 aromatic heterocycles. The SMILES string of the molecule is COC(=O)[C@H](Cc1ccccc1)NC(=O)[C@H](Cc1ccccc1)NC(=O)CNC(=O)[C@H](C)N. The predicted octanol–water partition coefficient (Wildman–Crippen LogP) is 0.0778. The number of nitrogens with two attached hydrogens (primary N) is 1. The normalized spacial score (nSPS) is 13.2. The van der Waals surface area contributed by atoms with E-state index in [0.717, 1.165) is 11.1 Å². The third-order valence-corrected chi connectivity index (χ3v) is 4.86. The van der Waals surface area contributed by atoms with Crippen LogP contribution < -0.4 is 21.7 Å². The number of carbonyl (C=O) groups excluding carboxylic acids is 4. The van der Waals surface area contributed by atoms with Gasteiger partial charge in [0.15, 0.2) is 0 Å². The number of nitrogens with one attached hydrogen (secondary N) is 3. The first-order valence-corrected chi connectivity index (χ1v) is 10.6. The van der Waals surface area contributed by atoms with E-state index in [9.17, 15) is 19.2 Å². The number of carbonyl (C=O) groups is 4.